The maximum Gasteiger partial charge on any atom is 0.119 e. The zero-order valence-electron chi connectivity index (χ0n) is 10.6. The summed E-state index contributed by atoms with van der Waals surface area (Å²) in [7, 11) is 0. The highest BCUT2D eigenvalue weighted by molar-refractivity contribution is 7.80. The molecule has 0 bridgehead atoms. The normalized spacial score (nSPS) is 10.7. The van der Waals surface area contributed by atoms with Gasteiger partial charge in [0.25, 0.3) is 0 Å². The third-order valence-corrected chi connectivity index (χ3v) is 3.36. The number of thiol groups is 1. The summed E-state index contributed by atoms with van der Waals surface area (Å²) >= 11 is 4.21. The van der Waals surface area contributed by atoms with Crippen molar-refractivity contribution >= 4 is 23.4 Å². The summed E-state index contributed by atoms with van der Waals surface area (Å²) in [5, 5.41) is 2.50. The zero-order valence-corrected chi connectivity index (χ0v) is 11.5. The van der Waals surface area contributed by atoms with Crippen LogP contribution in [0.5, 0.6) is 5.75 Å². The molecule has 0 aliphatic carbocycles. The molecule has 0 heterocycles. The third-order valence-electron chi connectivity index (χ3n) is 3.04. The summed E-state index contributed by atoms with van der Waals surface area (Å²) in [5.74, 6) is 1.97. The first kappa shape index (κ1) is 13.3. The predicted octanol–water partition coefficient (Wildman–Crippen LogP) is 4.71. The number of unbranched alkanes of at least 4 members (excludes halogenated alkanes) is 3. The van der Waals surface area contributed by atoms with Gasteiger partial charge in [-0.2, -0.15) is 12.6 Å². The highest BCUT2D eigenvalue weighted by atomic mass is 32.1. The number of rotatable bonds is 7. The van der Waals surface area contributed by atoms with Crippen LogP contribution in [0.2, 0.25) is 0 Å². The summed E-state index contributed by atoms with van der Waals surface area (Å²) in [4.78, 5) is 0. The summed E-state index contributed by atoms with van der Waals surface area (Å²) in [6, 6.07) is 14.6. The minimum Gasteiger partial charge on any atom is -0.494 e. The van der Waals surface area contributed by atoms with Crippen molar-refractivity contribution in [2.24, 2.45) is 0 Å². The molecule has 0 spiro atoms. The highest BCUT2D eigenvalue weighted by Gasteiger charge is 1.97. The first-order chi connectivity index (χ1) is 8.90. The fraction of sp³-hybridized carbons (Fsp3) is 0.375. The van der Waals surface area contributed by atoms with Gasteiger partial charge in [-0.15, -0.1) is 0 Å². The summed E-state index contributed by atoms with van der Waals surface area (Å²) in [6.07, 6.45) is 4.82. The van der Waals surface area contributed by atoms with Crippen molar-refractivity contribution in [2.45, 2.75) is 25.7 Å². The number of hydrogen-bond acceptors (Lipinski definition) is 2. The Morgan fingerprint density at radius 1 is 0.833 bits per heavy atom. The minimum absolute atomic E-state index is 0.810. The molecule has 0 saturated heterocycles. The molecular weight excluding hydrogens is 240 g/mol. The first-order valence-corrected chi connectivity index (χ1v) is 7.26. The largest absolute Gasteiger partial charge is 0.494 e. The van der Waals surface area contributed by atoms with Crippen LogP contribution in [0.15, 0.2) is 42.5 Å². The third kappa shape index (κ3) is 3.95. The predicted molar refractivity (Wildman–Crippen MR) is 81.8 cm³/mol. The van der Waals surface area contributed by atoms with Crippen molar-refractivity contribution in [2.75, 3.05) is 12.4 Å². The molecule has 2 aromatic carbocycles. The lowest BCUT2D eigenvalue weighted by Gasteiger charge is -2.07. The van der Waals surface area contributed by atoms with Gasteiger partial charge in [0.2, 0.25) is 0 Å². The monoisotopic (exact) mass is 260 g/mol. The van der Waals surface area contributed by atoms with Crippen LogP contribution in [0.1, 0.15) is 25.7 Å². The van der Waals surface area contributed by atoms with Crippen molar-refractivity contribution in [3.05, 3.63) is 42.5 Å². The molecule has 0 atom stereocenters. The first-order valence-electron chi connectivity index (χ1n) is 6.62. The standard InChI is InChI=1S/C16H20OS/c18-12-6-2-1-5-11-17-16-10-9-14-7-3-4-8-15(14)13-16/h3-4,7-10,13,18H,1-2,5-6,11-12H2. The number of hydrogen-bond donors (Lipinski definition) is 1. The van der Waals surface area contributed by atoms with Crippen LogP contribution >= 0.6 is 12.6 Å². The Kier molecular flexibility index (Phi) is 5.40. The second kappa shape index (κ2) is 7.32. The van der Waals surface area contributed by atoms with Gasteiger partial charge in [-0.1, -0.05) is 43.2 Å². The Labute approximate surface area is 115 Å². The van der Waals surface area contributed by atoms with Gasteiger partial charge in [0.1, 0.15) is 5.75 Å². The molecule has 2 aromatic rings. The molecule has 0 unspecified atom stereocenters. The Balaban J connectivity index is 1.81. The Bertz CT molecular complexity index is 481. The van der Waals surface area contributed by atoms with Crippen LogP contribution < -0.4 is 4.74 Å². The second-order valence-electron chi connectivity index (χ2n) is 4.50. The van der Waals surface area contributed by atoms with E-state index in [-0.39, 0.29) is 0 Å². The molecule has 0 aromatic heterocycles. The van der Waals surface area contributed by atoms with Gasteiger partial charge in [-0.05, 0) is 41.5 Å². The van der Waals surface area contributed by atoms with E-state index in [1.165, 1.54) is 30.0 Å². The summed E-state index contributed by atoms with van der Waals surface area (Å²) in [6.45, 7) is 0.810. The van der Waals surface area contributed by atoms with Crippen LogP contribution in [-0.4, -0.2) is 12.4 Å². The maximum atomic E-state index is 5.78. The van der Waals surface area contributed by atoms with Crippen LogP contribution in [-0.2, 0) is 0 Å². The molecule has 0 amide bonds. The highest BCUT2D eigenvalue weighted by Crippen LogP contribution is 2.20. The summed E-state index contributed by atoms with van der Waals surface area (Å²) < 4.78 is 5.78. The molecule has 0 saturated carbocycles. The van der Waals surface area contributed by atoms with Gasteiger partial charge in [0.15, 0.2) is 0 Å². The molecule has 2 rings (SSSR count). The van der Waals surface area contributed by atoms with Gasteiger partial charge in [0.05, 0.1) is 6.61 Å². The lowest BCUT2D eigenvalue weighted by molar-refractivity contribution is 0.305. The molecule has 0 radical (unpaired) electrons. The number of benzene rings is 2. The smallest absolute Gasteiger partial charge is 0.119 e. The lowest BCUT2D eigenvalue weighted by Crippen LogP contribution is -1.97. The van der Waals surface area contributed by atoms with Crippen molar-refractivity contribution in [3.63, 3.8) is 0 Å². The topological polar surface area (TPSA) is 9.23 Å². The molecule has 1 nitrogen and oxygen atoms in total. The fourth-order valence-corrected chi connectivity index (χ4v) is 2.24. The minimum atomic E-state index is 0.810. The van der Waals surface area contributed by atoms with Gasteiger partial charge >= 0.3 is 0 Å². The van der Waals surface area contributed by atoms with E-state index in [0.717, 1.165) is 24.5 Å². The van der Waals surface area contributed by atoms with E-state index < -0.39 is 0 Å². The number of ether oxygens (including phenoxy) is 1. The van der Waals surface area contributed by atoms with E-state index in [4.69, 9.17) is 4.74 Å². The van der Waals surface area contributed by atoms with Gasteiger partial charge < -0.3 is 4.74 Å². The summed E-state index contributed by atoms with van der Waals surface area (Å²) in [5.41, 5.74) is 0. The van der Waals surface area contributed by atoms with Crippen molar-refractivity contribution in [1.29, 1.82) is 0 Å². The van der Waals surface area contributed by atoms with Crippen LogP contribution in [0.3, 0.4) is 0 Å². The van der Waals surface area contributed by atoms with Crippen LogP contribution in [0, 0.1) is 0 Å². The molecule has 2 heteroatoms. The lowest BCUT2D eigenvalue weighted by atomic mass is 10.1. The number of fused-ring (bicyclic) bond motifs is 1. The zero-order chi connectivity index (χ0) is 12.6. The molecule has 0 aliphatic rings. The average Bonchev–Trinajstić information content (AvgIpc) is 2.42. The van der Waals surface area contributed by atoms with E-state index in [9.17, 15) is 0 Å². The maximum absolute atomic E-state index is 5.78. The molecular formula is C16H20OS. The van der Waals surface area contributed by atoms with E-state index in [2.05, 4.69) is 55.1 Å². The molecule has 18 heavy (non-hydrogen) atoms. The van der Waals surface area contributed by atoms with E-state index in [1.54, 1.807) is 0 Å². The quantitative estimate of drug-likeness (QED) is 0.560. The average molecular weight is 260 g/mol. The van der Waals surface area contributed by atoms with Crippen molar-refractivity contribution < 1.29 is 4.74 Å². The SMILES string of the molecule is SCCCCCCOc1ccc2ccccc2c1. The van der Waals surface area contributed by atoms with Crippen LogP contribution in [0.25, 0.3) is 10.8 Å². The Morgan fingerprint density at radius 2 is 1.61 bits per heavy atom. The fourth-order valence-electron chi connectivity index (χ4n) is 2.01. The molecule has 0 fully saturated rings. The van der Waals surface area contributed by atoms with E-state index in [1.807, 2.05) is 0 Å². The van der Waals surface area contributed by atoms with Gasteiger partial charge in [-0.3, -0.25) is 0 Å². The van der Waals surface area contributed by atoms with E-state index in [0.29, 0.717) is 0 Å². The van der Waals surface area contributed by atoms with E-state index >= 15 is 0 Å². The van der Waals surface area contributed by atoms with Gasteiger partial charge in [0, 0.05) is 0 Å². The van der Waals surface area contributed by atoms with Crippen LogP contribution in [0.4, 0.5) is 0 Å². The molecule has 96 valence electrons. The van der Waals surface area contributed by atoms with Crippen molar-refractivity contribution in [1.82, 2.24) is 0 Å². The van der Waals surface area contributed by atoms with Gasteiger partial charge in [-0.25, -0.2) is 0 Å². The van der Waals surface area contributed by atoms with Crippen molar-refractivity contribution in [3.8, 4) is 5.75 Å². The molecule has 0 aliphatic heterocycles. The Morgan fingerprint density at radius 3 is 2.44 bits per heavy atom. The Hall–Kier alpha value is -1.15. The molecule has 0 N–H and O–H groups in total. The second-order valence-corrected chi connectivity index (χ2v) is 4.94.